The molecule has 0 spiro atoms. The highest BCUT2D eigenvalue weighted by Crippen LogP contribution is 2.27. The molecule has 4 heteroatoms. The van der Waals surface area contributed by atoms with E-state index < -0.39 is 6.04 Å². The van der Waals surface area contributed by atoms with E-state index in [9.17, 15) is 14.4 Å². The van der Waals surface area contributed by atoms with Gasteiger partial charge in [-0.15, -0.1) is 0 Å². The first-order valence-corrected chi connectivity index (χ1v) is 9.35. The molecular formula is C23H23NO3. The summed E-state index contributed by atoms with van der Waals surface area (Å²) in [5.74, 6) is -0.750. The van der Waals surface area contributed by atoms with Crippen LogP contribution in [0, 0.1) is 0 Å². The van der Waals surface area contributed by atoms with Crippen molar-refractivity contribution in [1.82, 2.24) is 4.90 Å². The number of nitrogens with zero attached hydrogens (tertiary/aromatic N) is 1. The van der Waals surface area contributed by atoms with Gasteiger partial charge in [0.2, 0.25) is 0 Å². The van der Waals surface area contributed by atoms with Crippen molar-refractivity contribution in [1.29, 1.82) is 0 Å². The van der Waals surface area contributed by atoms with E-state index in [1.807, 2.05) is 18.2 Å². The second-order valence-electron chi connectivity index (χ2n) is 6.66. The number of hydrogen-bond acceptors (Lipinski definition) is 3. The van der Waals surface area contributed by atoms with Crippen LogP contribution in [0.2, 0.25) is 0 Å². The molecule has 0 fully saturated rings. The molecule has 0 radical (unpaired) electrons. The van der Waals surface area contributed by atoms with E-state index in [2.05, 4.69) is 6.92 Å². The molecule has 2 aromatic rings. The van der Waals surface area contributed by atoms with Crippen molar-refractivity contribution in [3.05, 3.63) is 83.4 Å². The smallest absolute Gasteiger partial charge is 0.262 e. The van der Waals surface area contributed by atoms with Gasteiger partial charge in [0.1, 0.15) is 0 Å². The Morgan fingerprint density at radius 1 is 0.963 bits per heavy atom. The lowest BCUT2D eigenvalue weighted by Crippen LogP contribution is -2.40. The van der Waals surface area contributed by atoms with Crippen molar-refractivity contribution in [2.24, 2.45) is 0 Å². The molecule has 1 aliphatic rings. The number of hydrogen-bond donors (Lipinski definition) is 0. The lowest BCUT2D eigenvalue weighted by Gasteiger charge is -2.23. The van der Waals surface area contributed by atoms with Crippen LogP contribution in [0.5, 0.6) is 0 Å². The van der Waals surface area contributed by atoms with Gasteiger partial charge in [0.25, 0.3) is 11.8 Å². The van der Waals surface area contributed by atoms with E-state index >= 15 is 0 Å². The highest BCUT2D eigenvalue weighted by atomic mass is 16.2. The number of benzene rings is 2. The van der Waals surface area contributed by atoms with E-state index in [0.717, 1.165) is 19.3 Å². The fourth-order valence-corrected chi connectivity index (χ4v) is 3.26. The average molecular weight is 361 g/mol. The van der Waals surface area contributed by atoms with Crippen molar-refractivity contribution in [3.8, 4) is 0 Å². The minimum absolute atomic E-state index is 0.0815. The third kappa shape index (κ3) is 4.05. The Balaban J connectivity index is 1.86. The van der Waals surface area contributed by atoms with E-state index in [1.54, 1.807) is 48.5 Å². The molecule has 2 aromatic carbocycles. The molecule has 1 unspecified atom stereocenters. The van der Waals surface area contributed by atoms with E-state index in [0.29, 0.717) is 16.7 Å². The second kappa shape index (κ2) is 8.58. The Bertz CT molecular complexity index is 835. The summed E-state index contributed by atoms with van der Waals surface area (Å²) in [6.07, 6.45) is 6.82. The average Bonchev–Trinajstić information content (AvgIpc) is 2.96. The van der Waals surface area contributed by atoms with Crippen LogP contribution in [0.4, 0.5) is 0 Å². The molecule has 0 aromatic heterocycles. The summed E-state index contributed by atoms with van der Waals surface area (Å²) in [5, 5.41) is 0. The van der Waals surface area contributed by atoms with Crippen LogP contribution in [-0.4, -0.2) is 28.5 Å². The van der Waals surface area contributed by atoms with Gasteiger partial charge in [0.05, 0.1) is 17.2 Å². The fourth-order valence-electron chi connectivity index (χ4n) is 3.26. The number of fused-ring (bicyclic) bond motifs is 1. The van der Waals surface area contributed by atoms with E-state index in [-0.39, 0.29) is 24.0 Å². The number of amides is 2. The SMILES string of the molecule is CCCCC=CC(CC(=O)c1ccccc1)N1C(=O)c2ccccc2C1=O. The zero-order valence-electron chi connectivity index (χ0n) is 15.4. The summed E-state index contributed by atoms with van der Waals surface area (Å²) in [6, 6.07) is 15.2. The summed E-state index contributed by atoms with van der Waals surface area (Å²) in [4.78, 5) is 39.6. The van der Waals surface area contributed by atoms with Gasteiger partial charge in [-0.05, 0) is 18.6 Å². The highest BCUT2D eigenvalue weighted by molar-refractivity contribution is 6.21. The zero-order valence-corrected chi connectivity index (χ0v) is 15.4. The van der Waals surface area contributed by atoms with Crippen LogP contribution >= 0.6 is 0 Å². The van der Waals surface area contributed by atoms with Crippen LogP contribution in [0.3, 0.4) is 0 Å². The lowest BCUT2D eigenvalue weighted by molar-refractivity contribution is 0.0605. The van der Waals surface area contributed by atoms with Crippen molar-refractivity contribution < 1.29 is 14.4 Å². The number of ketones is 1. The summed E-state index contributed by atoms with van der Waals surface area (Å²) >= 11 is 0. The van der Waals surface area contributed by atoms with Gasteiger partial charge in [-0.25, -0.2) is 0 Å². The summed E-state index contributed by atoms with van der Waals surface area (Å²) in [5.41, 5.74) is 1.39. The molecule has 0 saturated carbocycles. The molecule has 0 N–H and O–H groups in total. The molecule has 4 nitrogen and oxygen atoms in total. The monoisotopic (exact) mass is 361 g/mol. The van der Waals surface area contributed by atoms with Gasteiger partial charge in [-0.1, -0.05) is 74.4 Å². The first kappa shape index (κ1) is 18.8. The first-order valence-electron chi connectivity index (χ1n) is 9.35. The number of rotatable bonds is 8. The van der Waals surface area contributed by atoms with Crippen molar-refractivity contribution in [2.75, 3.05) is 0 Å². The second-order valence-corrected chi connectivity index (χ2v) is 6.66. The van der Waals surface area contributed by atoms with Gasteiger partial charge >= 0.3 is 0 Å². The van der Waals surface area contributed by atoms with E-state index in [4.69, 9.17) is 0 Å². The molecule has 27 heavy (non-hydrogen) atoms. The minimum Gasteiger partial charge on any atom is -0.294 e. The maximum atomic E-state index is 12.8. The number of allylic oxidation sites excluding steroid dienone is 1. The third-order valence-corrected chi connectivity index (χ3v) is 4.73. The molecule has 1 heterocycles. The van der Waals surface area contributed by atoms with Crippen LogP contribution in [0.25, 0.3) is 0 Å². The standard InChI is InChI=1S/C23H23NO3/c1-2-3-4-8-13-18(16-21(25)17-11-6-5-7-12-17)24-22(26)19-14-9-10-15-20(19)23(24)27/h5-15,18H,2-4,16H2,1H3. The fraction of sp³-hybridized carbons (Fsp3) is 0.261. The Hall–Kier alpha value is -3.01. The molecule has 0 aliphatic carbocycles. The molecule has 0 saturated heterocycles. The molecule has 1 aliphatic heterocycles. The number of unbranched alkanes of at least 4 members (excludes halogenated alkanes) is 2. The number of carbonyl (C=O) groups is 3. The molecule has 2 amide bonds. The number of Topliss-reactive ketones (excluding diaryl/α,β-unsaturated/α-hetero) is 1. The maximum Gasteiger partial charge on any atom is 0.262 e. The van der Waals surface area contributed by atoms with Gasteiger partial charge in [0, 0.05) is 12.0 Å². The summed E-state index contributed by atoms with van der Waals surface area (Å²) in [6.45, 7) is 2.11. The molecule has 1 atom stereocenters. The lowest BCUT2D eigenvalue weighted by atomic mass is 10.0. The summed E-state index contributed by atoms with van der Waals surface area (Å²) in [7, 11) is 0. The first-order chi connectivity index (χ1) is 13.1. The molecular weight excluding hydrogens is 338 g/mol. The van der Waals surface area contributed by atoms with E-state index in [1.165, 1.54) is 4.90 Å². The molecule has 3 rings (SSSR count). The van der Waals surface area contributed by atoms with Gasteiger partial charge in [-0.3, -0.25) is 19.3 Å². The quantitative estimate of drug-likeness (QED) is 0.297. The summed E-state index contributed by atoms with van der Waals surface area (Å²) < 4.78 is 0. The van der Waals surface area contributed by atoms with Gasteiger partial charge in [-0.2, -0.15) is 0 Å². The molecule has 138 valence electrons. The Kier molecular flexibility index (Phi) is 5.97. The third-order valence-electron chi connectivity index (χ3n) is 4.73. The number of carbonyl (C=O) groups excluding carboxylic acids is 3. The zero-order chi connectivity index (χ0) is 19.2. The van der Waals surface area contributed by atoms with Crippen LogP contribution in [-0.2, 0) is 0 Å². The predicted octanol–water partition coefficient (Wildman–Crippen LogP) is 4.67. The van der Waals surface area contributed by atoms with Crippen molar-refractivity contribution in [2.45, 2.75) is 38.6 Å². The Morgan fingerprint density at radius 2 is 1.56 bits per heavy atom. The normalized spacial score (nSPS) is 14.6. The van der Waals surface area contributed by atoms with Crippen LogP contribution in [0.15, 0.2) is 66.7 Å². The van der Waals surface area contributed by atoms with Crippen LogP contribution < -0.4 is 0 Å². The Morgan fingerprint density at radius 3 is 2.15 bits per heavy atom. The Labute approximate surface area is 159 Å². The van der Waals surface area contributed by atoms with Crippen LogP contribution in [0.1, 0.15) is 63.7 Å². The van der Waals surface area contributed by atoms with Gasteiger partial charge in [0.15, 0.2) is 5.78 Å². The predicted molar refractivity (Wildman–Crippen MR) is 105 cm³/mol. The highest BCUT2D eigenvalue weighted by Gasteiger charge is 2.39. The largest absolute Gasteiger partial charge is 0.294 e. The van der Waals surface area contributed by atoms with Crippen molar-refractivity contribution in [3.63, 3.8) is 0 Å². The minimum atomic E-state index is -0.582. The number of imide groups is 1. The topological polar surface area (TPSA) is 54.5 Å². The van der Waals surface area contributed by atoms with Crippen molar-refractivity contribution >= 4 is 17.6 Å². The van der Waals surface area contributed by atoms with Gasteiger partial charge < -0.3 is 0 Å². The maximum absolute atomic E-state index is 12.8. The molecule has 0 bridgehead atoms.